The Kier molecular flexibility index (Phi) is 3.57. The van der Waals surface area contributed by atoms with Crippen molar-refractivity contribution in [2.75, 3.05) is 7.11 Å². The Labute approximate surface area is 104 Å². The number of nitrogens with one attached hydrogen (secondary N) is 2. The lowest BCUT2D eigenvalue weighted by Crippen LogP contribution is -2.27. The summed E-state index contributed by atoms with van der Waals surface area (Å²) in [6.07, 6.45) is 4.93. The molecule has 0 aliphatic heterocycles. The molecule has 2 N–H and O–H groups in total. The van der Waals surface area contributed by atoms with Crippen LogP contribution in [0.5, 0.6) is 5.88 Å². The van der Waals surface area contributed by atoms with Gasteiger partial charge in [-0.3, -0.25) is 4.79 Å². The number of H-pyrrole nitrogens is 1. The van der Waals surface area contributed by atoms with Crippen molar-refractivity contribution in [1.82, 2.24) is 20.3 Å². The van der Waals surface area contributed by atoms with Crippen LogP contribution in [0.2, 0.25) is 0 Å². The quantitative estimate of drug-likeness (QED) is 0.852. The number of nitrogens with zero attached hydrogens (tertiary/aromatic N) is 2. The molecule has 1 atom stereocenters. The molecule has 0 bridgehead atoms. The third kappa shape index (κ3) is 2.48. The molecule has 0 radical (unpaired) electrons. The number of ether oxygens (including phenoxy) is 1. The van der Waals surface area contributed by atoms with E-state index in [-0.39, 0.29) is 11.9 Å². The monoisotopic (exact) mass is 246 g/mol. The lowest BCUT2D eigenvalue weighted by atomic mass is 10.2. The van der Waals surface area contributed by atoms with E-state index in [0.29, 0.717) is 17.3 Å². The number of imidazole rings is 1. The first-order chi connectivity index (χ1) is 8.72. The zero-order chi connectivity index (χ0) is 13.0. The van der Waals surface area contributed by atoms with Gasteiger partial charge in [-0.05, 0) is 19.1 Å². The Hall–Kier alpha value is -2.37. The van der Waals surface area contributed by atoms with Gasteiger partial charge in [-0.2, -0.15) is 0 Å². The molecule has 0 aromatic carbocycles. The van der Waals surface area contributed by atoms with Crippen LogP contribution in [0, 0.1) is 0 Å². The molecule has 0 spiro atoms. The van der Waals surface area contributed by atoms with Gasteiger partial charge in [0.25, 0.3) is 5.91 Å². The molecule has 0 fully saturated rings. The fourth-order valence-corrected chi connectivity index (χ4v) is 1.58. The van der Waals surface area contributed by atoms with Crippen LogP contribution < -0.4 is 10.1 Å². The Morgan fingerprint density at radius 2 is 2.28 bits per heavy atom. The summed E-state index contributed by atoms with van der Waals surface area (Å²) < 4.78 is 5.04. The number of hydrogen-bond acceptors (Lipinski definition) is 4. The number of carbonyl (C=O) groups is 1. The maximum atomic E-state index is 12.1. The maximum absolute atomic E-state index is 12.1. The summed E-state index contributed by atoms with van der Waals surface area (Å²) in [4.78, 5) is 23.1. The number of methoxy groups -OCH3 is 1. The molecule has 2 rings (SSSR count). The molecular formula is C12H14N4O2. The summed E-state index contributed by atoms with van der Waals surface area (Å²) in [5, 5.41) is 2.82. The van der Waals surface area contributed by atoms with Crippen molar-refractivity contribution in [3.63, 3.8) is 0 Å². The first-order valence-electron chi connectivity index (χ1n) is 5.51. The van der Waals surface area contributed by atoms with E-state index >= 15 is 0 Å². The largest absolute Gasteiger partial charge is 0.480 e. The predicted molar refractivity (Wildman–Crippen MR) is 65.3 cm³/mol. The van der Waals surface area contributed by atoms with Crippen molar-refractivity contribution in [3.05, 3.63) is 42.1 Å². The lowest BCUT2D eigenvalue weighted by Gasteiger charge is -2.12. The molecule has 6 heteroatoms. The van der Waals surface area contributed by atoms with Crippen LogP contribution in [-0.2, 0) is 0 Å². The van der Waals surface area contributed by atoms with Gasteiger partial charge in [0.2, 0.25) is 5.88 Å². The van der Waals surface area contributed by atoms with E-state index in [0.717, 1.165) is 0 Å². The van der Waals surface area contributed by atoms with E-state index in [1.54, 1.807) is 30.7 Å². The van der Waals surface area contributed by atoms with Crippen LogP contribution >= 0.6 is 0 Å². The zero-order valence-corrected chi connectivity index (χ0v) is 10.2. The van der Waals surface area contributed by atoms with Crippen LogP contribution in [0.1, 0.15) is 29.1 Å². The molecule has 6 nitrogen and oxygen atoms in total. The van der Waals surface area contributed by atoms with Crippen molar-refractivity contribution < 1.29 is 9.53 Å². The topological polar surface area (TPSA) is 79.9 Å². The highest BCUT2D eigenvalue weighted by Gasteiger charge is 2.16. The lowest BCUT2D eigenvalue weighted by molar-refractivity contribution is 0.0934. The average molecular weight is 246 g/mol. The number of amides is 1. The van der Waals surface area contributed by atoms with Gasteiger partial charge in [-0.1, -0.05) is 0 Å². The highest BCUT2D eigenvalue weighted by atomic mass is 16.5. The van der Waals surface area contributed by atoms with Gasteiger partial charge < -0.3 is 15.0 Å². The SMILES string of the molecule is COc1ncccc1C(=O)NC(C)c1ncc[nH]1. The molecule has 94 valence electrons. The first-order valence-corrected chi connectivity index (χ1v) is 5.51. The van der Waals surface area contributed by atoms with Crippen molar-refractivity contribution in [2.45, 2.75) is 13.0 Å². The fraction of sp³-hybridized carbons (Fsp3) is 0.250. The van der Waals surface area contributed by atoms with Crippen molar-refractivity contribution >= 4 is 5.91 Å². The number of aromatic nitrogens is 3. The van der Waals surface area contributed by atoms with E-state index in [4.69, 9.17) is 4.74 Å². The zero-order valence-electron chi connectivity index (χ0n) is 10.2. The van der Waals surface area contributed by atoms with Crippen LogP contribution in [0.15, 0.2) is 30.7 Å². The molecule has 2 aromatic rings. The third-order valence-corrected chi connectivity index (χ3v) is 2.49. The van der Waals surface area contributed by atoms with E-state index < -0.39 is 0 Å². The minimum atomic E-state index is -0.246. The number of hydrogen-bond donors (Lipinski definition) is 2. The van der Waals surface area contributed by atoms with E-state index in [1.807, 2.05) is 6.92 Å². The van der Waals surface area contributed by atoms with Crippen LogP contribution in [0.3, 0.4) is 0 Å². The summed E-state index contributed by atoms with van der Waals surface area (Å²) in [6.45, 7) is 1.85. The molecule has 18 heavy (non-hydrogen) atoms. The second-order valence-electron chi connectivity index (χ2n) is 3.73. The number of rotatable bonds is 4. The second-order valence-corrected chi connectivity index (χ2v) is 3.73. The van der Waals surface area contributed by atoms with Crippen LogP contribution in [-0.4, -0.2) is 28.0 Å². The molecule has 2 aromatic heterocycles. The van der Waals surface area contributed by atoms with E-state index in [2.05, 4.69) is 20.3 Å². The Morgan fingerprint density at radius 3 is 2.94 bits per heavy atom. The van der Waals surface area contributed by atoms with Gasteiger partial charge in [-0.15, -0.1) is 0 Å². The summed E-state index contributed by atoms with van der Waals surface area (Å²) in [6, 6.07) is 3.14. The molecule has 0 aliphatic rings. The molecule has 0 saturated carbocycles. The molecular weight excluding hydrogens is 232 g/mol. The molecule has 0 saturated heterocycles. The van der Waals surface area contributed by atoms with Gasteiger partial charge in [-0.25, -0.2) is 9.97 Å². The summed E-state index contributed by atoms with van der Waals surface area (Å²) >= 11 is 0. The third-order valence-electron chi connectivity index (χ3n) is 2.49. The highest BCUT2D eigenvalue weighted by Crippen LogP contribution is 2.15. The highest BCUT2D eigenvalue weighted by molar-refractivity contribution is 5.96. The van der Waals surface area contributed by atoms with Crippen molar-refractivity contribution in [3.8, 4) is 5.88 Å². The number of pyridine rings is 1. The van der Waals surface area contributed by atoms with Crippen molar-refractivity contribution in [1.29, 1.82) is 0 Å². The summed E-state index contributed by atoms with van der Waals surface area (Å²) in [5.74, 6) is 0.761. The minimum Gasteiger partial charge on any atom is -0.480 e. The molecule has 1 unspecified atom stereocenters. The normalized spacial score (nSPS) is 11.9. The maximum Gasteiger partial charge on any atom is 0.257 e. The van der Waals surface area contributed by atoms with Gasteiger partial charge in [0.15, 0.2) is 0 Å². The van der Waals surface area contributed by atoms with Gasteiger partial charge in [0, 0.05) is 18.6 Å². The van der Waals surface area contributed by atoms with Crippen LogP contribution in [0.4, 0.5) is 0 Å². The fourth-order valence-electron chi connectivity index (χ4n) is 1.58. The van der Waals surface area contributed by atoms with E-state index in [9.17, 15) is 4.79 Å². The average Bonchev–Trinajstić information content (AvgIpc) is 2.92. The first kappa shape index (κ1) is 12.1. The Balaban J connectivity index is 2.12. The molecule has 2 heterocycles. The molecule has 0 aliphatic carbocycles. The number of aromatic amines is 1. The standard InChI is InChI=1S/C12H14N4O2/c1-8(10-13-6-7-14-10)16-11(17)9-4-3-5-15-12(9)18-2/h3-8H,1-2H3,(H,13,14)(H,16,17). The Bertz CT molecular complexity index is 525. The van der Waals surface area contributed by atoms with E-state index in [1.165, 1.54) is 7.11 Å². The minimum absolute atomic E-state index is 0.211. The van der Waals surface area contributed by atoms with Gasteiger partial charge >= 0.3 is 0 Å². The Morgan fingerprint density at radius 1 is 1.44 bits per heavy atom. The van der Waals surface area contributed by atoms with Crippen LogP contribution in [0.25, 0.3) is 0 Å². The van der Waals surface area contributed by atoms with Gasteiger partial charge in [0.1, 0.15) is 11.4 Å². The summed E-state index contributed by atoms with van der Waals surface area (Å²) in [7, 11) is 1.48. The van der Waals surface area contributed by atoms with Crippen molar-refractivity contribution in [2.24, 2.45) is 0 Å². The van der Waals surface area contributed by atoms with Gasteiger partial charge in [0.05, 0.1) is 13.2 Å². The predicted octanol–water partition coefficient (Wildman–Crippen LogP) is 1.30. The second kappa shape index (κ2) is 5.31. The number of carbonyl (C=O) groups excluding carboxylic acids is 1. The smallest absolute Gasteiger partial charge is 0.257 e. The summed E-state index contributed by atoms with van der Waals surface area (Å²) in [5.41, 5.74) is 0.401. The molecule has 1 amide bonds.